The molecule has 1 saturated carbocycles. The van der Waals surface area contributed by atoms with Gasteiger partial charge in [-0.15, -0.1) is 0 Å². The molecule has 0 atom stereocenters. The van der Waals surface area contributed by atoms with Crippen LogP contribution in [0.2, 0.25) is 5.02 Å². The van der Waals surface area contributed by atoms with Crippen LogP contribution in [0.3, 0.4) is 0 Å². The minimum atomic E-state index is 0.247. The third-order valence-corrected chi connectivity index (χ3v) is 7.31. The van der Waals surface area contributed by atoms with E-state index in [-0.39, 0.29) is 5.91 Å². The fourth-order valence-corrected chi connectivity index (χ4v) is 5.36. The van der Waals surface area contributed by atoms with E-state index in [9.17, 15) is 4.79 Å². The third kappa shape index (κ3) is 4.63. The highest BCUT2D eigenvalue weighted by Gasteiger charge is 2.27. The quantitative estimate of drug-likeness (QED) is 0.501. The van der Waals surface area contributed by atoms with E-state index in [4.69, 9.17) is 21.6 Å². The number of amides is 1. The first-order chi connectivity index (χ1) is 16.5. The van der Waals surface area contributed by atoms with E-state index < -0.39 is 0 Å². The fraction of sp³-hybridized carbons (Fsp3) is 0.538. The van der Waals surface area contributed by atoms with E-state index in [1.165, 1.54) is 19.3 Å². The van der Waals surface area contributed by atoms with Crippen LogP contribution in [0.1, 0.15) is 64.1 Å². The average Bonchev–Trinajstić information content (AvgIpc) is 3.28. The number of carbonyl (C=O) groups is 1. The maximum Gasteiger partial charge on any atom is 0.222 e. The molecule has 2 aliphatic rings. The molecular formula is C26H33ClN6O. The average molecular weight is 481 g/mol. The molecule has 1 aliphatic carbocycles. The molecule has 8 heteroatoms. The van der Waals surface area contributed by atoms with Crippen molar-refractivity contribution in [2.45, 2.75) is 58.3 Å². The van der Waals surface area contributed by atoms with Crippen molar-refractivity contribution in [3.63, 3.8) is 0 Å². The predicted octanol–water partition coefficient (Wildman–Crippen LogP) is 5.21. The van der Waals surface area contributed by atoms with Gasteiger partial charge in [0, 0.05) is 38.5 Å². The van der Waals surface area contributed by atoms with Crippen LogP contribution in [-0.4, -0.2) is 56.7 Å². The number of nitrogens with zero attached hydrogens (tertiary/aromatic N) is 6. The Bertz CT molecular complexity index is 1160. The highest BCUT2D eigenvalue weighted by molar-refractivity contribution is 6.32. The summed E-state index contributed by atoms with van der Waals surface area (Å²) in [5.41, 5.74) is 1.62. The fourth-order valence-electron chi connectivity index (χ4n) is 5.14. The maximum atomic E-state index is 12.6. The molecule has 0 unspecified atom stereocenters. The summed E-state index contributed by atoms with van der Waals surface area (Å²) in [7, 11) is 0. The monoisotopic (exact) mass is 480 g/mol. The van der Waals surface area contributed by atoms with Crippen LogP contribution in [0, 0.1) is 5.92 Å². The van der Waals surface area contributed by atoms with Crippen LogP contribution >= 0.6 is 11.6 Å². The predicted molar refractivity (Wildman–Crippen MR) is 136 cm³/mol. The van der Waals surface area contributed by atoms with Crippen LogP contribution in [0.5, 0.6) is 0 Å². The molecule has 1 amide bonds. The number of halogens is 1. The molecule has 3 heterocycles. The summed E-state index contributed by atoms with van der Waals surface area (Å²) in [6, 6.07) is 7.73. The maximum absolute atomic E-state index is 12.6. The van der Waals surface area contributed by atoms with Gasteiger partial charge < -0.3 is 9.80 Å². The van der Waals surface area contributed by atoms with Gasteiger partial charge in [-0.05, 0) is 30.9 Å². The molecule has 7 nitrogen and oxygen atoms in total. The van der Waals surface area contributed by atoms with E-state index >= 15 is 0 Å². The Morgan fingerprint density at radius 3 is 2.50 bits per heavy atom. The zero-order valence-corrected chi connectivity index (χ0v) is 20.8. The van der Waals surface area contributed by atoms with Gasteiger partial charge in [0.2, 0.25) is 5.91 Å². The van der Waals surface area contributed by atoms with Crippen molar-refractivity contribution in [2.24, 2.45) is 5.92 Å². The summed E-state index contributed by atoms with van der Waals surface area (Å²) >= 11 is 6.52. The number of rotatable bonds is 5. The molecule has 1 aliphatic heterocycles. The van der Waals surface area contributed by atoms with Crippen molar-refractivity contribution >= 4 is 34.4 Å². The first kappa shape index (κ1) is 23.1. The Morgan fingerprint density at radius 2 is 1.79 bits per heavy atom. The number of piperazine rings is 1. The lowest BCUT2D eigenvalue weighted by atomic mass is 9.88. The summed E-state index contributed by atoms with van der Waals surface area (Å²) in [6.45, 7) is 7.14. The molecule has 2 aromatic heterocycles. The van der Waals surface area contributed by atoms with Crippen LogP contribution in [0.15, 0.2) is 30.5 Å². The zero-order chi connectivity index (χ0) is 23.7. The SMILES string of the molecule is CC(C)CC(=O)N1CCN(c2nc(C3CCCCC3)nc3c2cnn3-c2ccccc2Cl)CC1. The van der Waals surface area contributed by atoms with Gasteiger partial charge in [-0.2, -0.15) is 5.10 Å². The van der Waals surface area contributed by atoms with Crippen molar-refractivity contribution in [1.29, 1.82) is 0 Å². The number of anilines is 1. The van der Waals surface area contributed by atoms with Crippen LogP contribution in [-0.2, 0) is 4.79 Å². The van der Waals surface area contributed by atoms with Gasteiger partial charge in [-0.3, -0.25) is 4.79 Å². The number of carbonyl (C=O) groups excluding carboxylic acids is 1. The van der Waals surface area contributed by atoms with Crippen molar-refractivity contribution in [2.75, 3.05) is 31.1 Å². The molecular weight excluding hydrogens is 448 g/mol. The standard InChI is InChI=1S/C26H33ClN6O/c1-18(2)16-23(34)31-12-14-32(15-13-31)25-20-17-28-33(22-11-7-6-10-21(22)27)26(20)30-24(29-25)19-8-4-3-5-9-19/h6-7,10-11,17-19H,3-5,8-9,12-16H2,1-2H3. The number of hydrogen-bond donors (Lipinski definition) is 0. The van der Waals surface area contributed by atoms with E-state index in [2.05, 4.69) is 23.8 Å². The number of fused-ring (bicyclic) bond motifs is 1. The van der Waals surface area contributed by atoms with Crippen molar-refractivity contribution in [3.8, 4) is 5.69 Å². The second-order valence-electron chi connectivity index (χ2n) is 9.95. The Kier molecular flexibility index (Phi) is 6.73. The van der Waals surface area contributed by atoms with Crippen molar-refractivity contribution < 1.29 is 4.79 Å². The van der Waals surface area contributed by atoms with Gasteiger partial charge >= 0.3 is 0 Å². The molecule has 0 N–H and O–H groups in total. The third-order valence-electron chi connectivity index (χ3n) is 6.99. The summed E-state index contributed by atoms with van der Waals surface area (Å²) < 4.78 is 1.84. The highest BCUT2D eigenvalue weighted by atomic mass is 35.5. The molecule has 180 valence electrons. The molecule has 0 radical (unpaired) electrons. The number of hydrogen-bond acceptors (Lipinski definition) is 5. The Hall–Kier alpha value is -2.67. The summed E-state index contributed by atoms with van der Waals surface area (Å²) in [5, 5.41) is 6.26. The van der Waals surface area contributed by atoms with Gasteiger partial charge in [0.25, 0.3) is 0 Å². The summed E-state index contributed by atoms with van der Waals surface area (Å²) in [4.78, 5) is 27.0. The van der Waals surface area contributed by atoms with Gasteiger partial charge in [-0.1, -0.05) is 56.8 Å². The molecule has 1 aromatic carbocycles. The van der Waals surface area contributed by atoms with Crippen LogP contribution in [0.25, 0.3) is 16.7 Å². The number of para-hydroxylation sites is 1. The smallest absolute Gasteiger partial charge is 0.222 e. The topological polar surface area (TPSA) is 67.2 Å². The second kappa shape index (κ2) is 9.90. The lowest BCUT2D eigenvalue weighted by Crippen LogP contribution is -2.49. The van der Waals surface area contributed by atoms with E-state index in [0.717, 1.165) is 54.3 Å². The Balaban J connectivity index is 1.51. The molecule has 2 fully saturated rings. The van der Waals surface area contributed by atoms with Crippen molar-refractivity contribution in [1.82, 2.24) is 24.6 Å². The Morgan fingerprint density at radius 1 is 1.06 bits per heavy atom. The molecule has 0 spiro atoms. The lowest BCUT2D eigenvalue weighted by molar-refractivity contribution is -0.132. The molecule has 5 rings (SSSR count). The summed E-state index contributed by atoms with van der Waals surface area (Å²) in [5.74, 6) is 2.84. The van der Waals surface area contributed by atoms with Crippen molar-refractivity contribution in [3.05, 3.63) is 41.3 Å². The van der Waals surface area contributed by atoms with Gasteiger partial charge in [0.05, 0.1) is 22.3 Å². The lowest BCUT2D eigenvalue weighted by Gasteiger charge is -2.36. The molecule has 1 saturated heterocycles. The number of aromatic nitrogens is 4. The normalized spacial score (nSPS) is 17.6. The molecule has 0 bridgehead atoms. The summed E-state index contributed by atoms with van der Waals surface area (Å²) in [6.07, 6.45) is 8.45. The second-order valence-corrected chi connectivity index (χ2v) is 10.4. The van der Waals surface area contributed by atoms with E-state index in [0.29, 0.717) is 36.4 Å². The largest absolute Gasteiger partial charge is 0.352 e. The van der Waals surface area contributed by atoms with Gasteiger partial charge in [0.1, 0.15) is 11.6 Å². The molecule has 3 aromatic rings. The highest BCUT2D eigenvalue weighted by Crippen LogP contribution is 2.35. The van der Waals surface area contributed by atoms with Crippen LogP contribution < -0.4 is 4.90 Å². The minimum absolute atomic E-state index is 0.247. The van der Waals surface area contributed by atoms with E-state index in [1.807, 2.05) is 40.0 Å². The zero-order valence-electron chi connectivity index (χ0n) is 20.1. The van der Waals surface area contributed by atoms with Crippen LogP contribution in [0.4, 0.5) is 5.82 Å². The molecule has 34 heavy (non-hydrogen) atoms. The van der Waals surface area contributed by atoms with Gasteiger partial charge in [0.15, 0.2) is 5.65 Å². The van der Waals surface area contributed by atoms with Gasteiger partial charge in [-0.25, -0.2) is 14.6 Å². The first-order valence-electron chi connectivity index (χ1n) is 12.5. The minimum Gasteiger partial charge on any atom is -0.352 e. The first-order valence-corrected chi connectivity index (χ1v) is 12.9. The Labute approximate surface area is 206 Å². The van der Waals surface area contributed by atoms with E-state index in [1.54, 1.807) is 0 Å². The number of benzene rings is 1.